The standard InChI is InChI=1S/C24H28N2O3S/c1-2-16(23(27)28)12-15-8-11-21(29-18-6-4-3-5-7-18)19(13-15)17-9-10-20-22(14-17)30-24(25)26-20/h8-11,13-14,16,18H,2-7,12H2,1H3,(H2,25,26)(H,27,28). The first-order valence-electron chi connectivity index (χ1n) is 10.7. The van der Waals surface area contributed by atoms with Crippen molar-refractivity contribution in [1.29, 1.82) is 0 Å². The molecule has 0 bridgehead atoms. The topological polar surface area (TPSA) is 85.4 Å². The monoisotopic (exact) mass is 424 g/mol. The van der Waals surface area contributed by atoms with Gasteiger partial charge in [-0.3, -0.25) is 4.79 Å². The lowest BCUT2D eigenvalue weighted by atomic mass is 9.93. The summed E-state index contributed by atoms with van der Waals surface area (Å²) in [5.41, 5.74) is 9.84. The number of fused-ring (bicyclic) bond motifs is 1. The number of thiazole rings is 1. The Balaban J connectivity index is 1.71. The van der Waals surface area contributed by atoms with Gasteiger partial charge in [-0.25, -0.2) is 4.98 Å². The summed E-state index contributed by atoms with van der Waals surface area (Å²) < 4.78 is 7.48. The van der Waals surface area contributed by atoms with Crippen molar-refractivity contribution in [3.8, 4) is 16.9 Å². The Labute approximate surface area is 180 Å². The van der Waals surface area contributed by atoms with Crippen LogP contribution in [0.1, 0.15) is 51.0 Å². The molecule has 0 radical (unpaired) electrons. The molecule has 0 aliphatic heterocycles. The van der Waals surface area contributed by atoms with Gasteiger partial charge >= 0.3 is 5.97 Å². The Morgan fingerprint density at radius 2 is 2.03 bits per heavy atom. The van der Waals surface area contributed by atoms with Crippen molar-refractivity contribution in [2.75, 3.05) is 5.73 Å². The quantitative estimate of drug-likeness (QED) is 0.492. The van der Waals surface area contributed by atoms with Crippen LogP contribution in [0.15, 0.2) is 36.4 Å². The van der Waals surface area contributed by atoms with E-state index in [4.69, 9.17) is 10.5 Å². The van der Waals surface area contributed by atoms with Crippen LogP contribution < -0.4 is 10.5 Å². The number of benzene rings is 2. The largest absolute Gasteiger partial charge is 0.490 e. The van der Waals surface area contributed by atoms with E-state index in [-0.39, 0.29) is 12.0 Å². The maximum atomic E-state index is 11.5. The number of ether oxygens (including phenoxy) is 1. The number of rotatable bonds is 7. The van der Waals surface area contributed by atoms with Gasteiger partial charge in [0.15, 0.2) is 5.13 Å². The second kappa shape index (κ2) is 9.04. The average Bonchev–Trinajstić information content (AvgIpc) is 3.12. The van der Waals surface area contributed by atoms with Crippen LogP contribution in [0.5, 0.6) is 5.75 Å². The number of hydrogen-bond donors (Lipinski definition) is 2. The van der Waals surface area contributed by atoms with E-state index in [0.717, 1.165) is 45.5 Å². The zero-order valence-electron chi connectivity index (χ0n) is 17.3. The van der Waals surface area contributed by atoms with Crippen molar-refractivity contribution in [3.05, 3.63) is 42.0 Å². The summed E-state index contributed by atoms with van der Waals surface area (Å²) in [6, 6.07) is 12.2. The van der Waals surface area contributed by atoms with E-state index in [0.29, 0.717) is 18.0 Å². The van der Waals surface area contributed by atoms with E-state index in [1.165, 1.54) is 30.6 Å². The minimum Gasteiger partial charge on any atom is -0.490 e. The van der Waals surface area contributed by atoms with Crippen LogP contribution in [-0.2, 0) is 11.2 Å². The molecule has 4 rings (SSSR count). The molecule has 1 atom stereocenters. The number of aromatic nitrogens is 1. The molecule has 5 nitrogen and oxygen atoms in total. The molecule has 1 saturated carbocycles. The van der Waals surface area contributed by atoms with Crippen molar-refractivity contribution in [2.24, 2.45) is 5.92 Å². The predicted molar refractivity (Wildman–Crippen MR) is 122 cm³/mol. The van der Waals surface area contributed by atoms with Crippen molar-refractivity contribution in [3.63, 3.8) is 0 Å². The maximum absolute atomic E-state index is 11.5. The van der Waals surface area contributed by atoms with Gasteiger partial charge in [0.2, 0.25) is 0 Å². The van der Waals surface area contributed by atoms with Crippen LogP contribution in [0.4, 0.5) is 5.13 Å². The van der Waals surface area contributed by atoms with E-state index in [1.54, 1.807) is 0 Å². The number of carboxylic acids is 1. The molecule has 1 aromatic heterocycles. The van der Waals surface area contributed by atoms with E-state index < -0.39 is 5.97 Å². The third-order valence-corrected chi connectivity index (χ3v) is 6.78. The van der Waals surface area contributed by atoms with Crippen LogP contribution in [-0.4, -0.2) is 22.2 Å². The van der Waals surface area contributed by atoms with E-state index >= 15 is 0 Å². The van der Waals surface area contributed by atoms with Gasteiger partial charge < -0.3 is 15.6 Å². The number of nitrogens with zero attached hydrogens (tertiary/aromatic N) is 1. The van der Waals surface area contributed by atoms with E-state index in [2.05, 4.69) is 17.1 Å². The van der Waals surface area contributed by atoms with E-state index in [9.17, 15) is 9.90 Å². The van der Waals surface area contributed by atoms with Gasteiger partial charge in [-0.15, -0.1) is 0 Å². The number of aliphatic carboxylic acids is 1. The summed E-state index contributed by atoms with van der Waals surface area (Å²) in [6.07, 6.45) is 7.24. The summed E-state index contributed by atoms with van der Waals surface area (Å²) in [7, 11) is 0. The number of carbonyl (C=O) groups is 1. The molecule has 1 aliphatic rings. The molecule has 2 aromatic carbocycles. The van der Waals surface area contributed by atoms with Crippen molar-refractivity contribution >= 4 is 32.7 Å². The van der Waals surface area contributed by atoms with E-state index in [1.807, 2.05) is 31.2 Å². The number of nitrogens with two attached hydrogens (primary N) is 1. The molecular formula is C24H28N2O3S. The van der Waals surface area contributed by atoms with Gasteiger partial charge in [0.25, 0.3) is 0 Å². The maximum Gasteiger partial charge on any atom is 0.306 e. The number of carboxylic acid groups (broad SMARTS) is 1. The Bertz CT molecular complexity index is 1040. The lowest BCUT2D eigenvalue weighted by molar-refractivity contribution is -0.141. The van der Waals surface area contributed by atoms with Crippen molar-refractivity contribution in [2.45, 2.75) is 58.0 Å². The second-order valence-electron chi connectivity index (χ2n) is 8.09. The van der Waals surface area contributed by atoms with Gasteiger partial charge in [0.1, 0.15) is 5.75 Å². The molecule has 6 heteroatoms. The first kappa shape index (κ1) is 20.7. The first-order chi connectivity index (χ1) is 14.5. The van der Waals surface area contributed by atoms with Gasteiger partial charge in [-0.1, -0.05) is 36.8 Å². The molecule has 1 unspecified atom stereocenters. The SMILES string of the molecule is CCC(Cc1ccc(OC2CCCCC2)c(-c2ccc3nc(N)sc3c2)c1)C(=O)O. The zero-order chi connectivity index (χ0) is 21.1. The van der Waals surface area contributed by atoms with Gasteiger partial charge in [0, 0.05) is 5.56 Å². The Morgan fingerprint density at radius 1 is 1.23 bits per heavy atom. The molecule has 0 spiro atoms. The highest BCUT2D eigenvalue weighted by molar-refractivity contribution is 7.22. The fourth-order valence-electron chi connectivity index (χ4n) is 4.20. The normalized spacial score (nSPS) is 15.9. The summed E-state index contributed by atoms with van der Waals surface area (Å²) in [6.45, 7) is 1.92. The molecule has 1 aliphatic carbocycles. The van der Waals surface area contributed by atoms with Crippen LogP contribution in [0.2, 0.25) is 0 Å². The van der Waals surface area contributed by atoms with Gasteiger partial charge in [0.05, 0.1) is 22.2 Å². The molecular weight excluding hydrogens is 396 g/mol. The predicted octanol–water partition coefficient (Wildman–Crippen LogP) is 5.91. The third-order valence-electron chi connectivity index (χ3n) is 5.93. The Hall–Kier alpha value is -2.60. The smallest absolute Gasteiger partial charge is 0.306 e. The minimum atomic E-state index is -0.747. The van der Waals surface area contributed by atoms with Crippen LogP contribution in [0.3, 0.4) is 0 Å². The van der Waals surface area contributed by atoms with Crippen LogP contribution in [0.25, 0.3) is 21.3 Å². The lowest BCUT2D eigenvalue weighted by Gasteiger charge is -2.25. The second-order valence-corrected chi connectivity index (χ2v) is 9.15. The molecule has 158 valence electrons. The number of anilines is 1. The van der Waals surface area contributed by atoms with Crippen molar-refractivity contribution in [1.82, 2.24) is 4.98 Å². The fraction of sp³-hybridized carbons (Fsp3) is 0.417. The molecule has 30 heavy (non-hydrogen) atoms. The summed E-state index contributed by atoms with van der Waals surface area (Å²) in [5.74, 6) is -0.263. The summed E-state index contributed by atoms with van der Waals surface area (Å²) in [4.78, 5) is 15.9. The molecule has 1 fully saturated rings. The first-order valence-corrected chi connectivity index (χ1v) is 11.5. The van der Waals surface area contributed by atoms with Gasteiger partial charge in [-0.2, -0.15) is 0 Å². The summed E-state index contributed by atoms with van der Waals surface area (Å²) >= 11 is 1.47. The molecule has 1 heterocycles. The van der Waals surface area contributed by atoms with Gasteiger partial charge in [-0.05, 0) is 73.9 Å². The van der Waals surface area contributed by atoms with Crippen LogP contribution >= 0.6 is 11.3 Å². The average molecular weight is 425 g/mol. The Kier molecular flexibility index (Phi) is 6.23. The van der Waals surface area contributed by atoms with Crippen molar-refractivity contribution < 1.29 is 14.6 Å². The fourth-order valence-corrected chi connectivity index (χ4v) is 4.97. The third kappa shape index (κ3) is 4.59. The number of hydrogen-bond acceptors (Lipinski definition) is 5. The molecule has 3 aromatic rings. The minimum absolute atomic E-state index is 0.244. The Morgan fingerprint density at radius 3 is 2.77 bits per heavy atom. The van der Waals surface area contributed by atoms with Crippen LogP contribution in [0, 0.1) is 5.92 Å². The lowest BCUT2D eigenvalue weighted by Crippen LogP contribution is -2.20. The molecule has 0 saturated heterocycles. The highest BCUT2D eigenvalue weighted by Crippen LogP contribution is 2.37. The number of nitrogen functional groups attached to an aromatic ring is 1. The molecule has 0 amide bonds. The molecule has 3 N–H and O–H groups in total. The highest BCUT2D eigenvalue weighted by Gasteiger charge is 2.20. The highest BCUT2D eigenvalue weighted by atomic mass is 32.1. The summed E-state index contributed by atoms with van der Waals surface area (Å²) in [5, 5.41) is 10.0. The zero-order valence-corrected chi connectivity index (χ0v) is 18.1.